The molecule has 0 radical (unpaired) electrons. The van der Waals surface area contributed by atoms with E-state index in [0.717, 1.165) is 24.0 Å². The third kappa shape index (κ3) is 4.70. The summed E-state index contributed by atoms with van der Waals surface area (Å²) in [7, 11) is 3.20. The van der Waals surface area contributed by atoms with Gasteiger partial charge in [0.15, 0.2) is 11.5 Å². The van der Waals surface area contributed by atoms with Gasteiger partial charge in [-0.1, -0.05) is 18.2 Å². The lowest BCUT2D eigenvalue weighted by molar-refractivity contribution is 0.240. The Morgan fingerprint density at radius 1 is 1.04 bits per heavy atom. The van der Waals surface area contributed by atoms with E-state index in [0.29, 0.717) is 31.0 Å². The molecular formula is C21H25FN2O3. The topological polar surface area (TPSA) is 59.6 Å². The fraction of sp³-hybridized carbons (Fsp3) is 0.381. The van der Waals surface area contributed by atoms with Crippen molar-refractivity contribution in [2.75, 3.05) is 27.3 Å². The lowest BCUT2D eigenvalue weighted by atomic mass is 9.96. The van der Waals surface area contributed by atoms with Gasteiger partial charge in [-0.2, -0.15) is 0 Å². The number of methoxy groups -OCH3 is 2. The zero-order valence-corrected chi connectivity index (χ0v) is 15.7. The molecule has 144 valence electrons. The fourth-order valence-electron chi connectivity index (χ4n) is 3.19. The summed E-state index contributed by atoms with van der Waals surface area (Å²) in [6.07, 6.45) is 2.70. The number of ether oxygens (including phenoxy) is 2. The number of hydrogen-bond acceptors (Lipinski definition) is 3. The van der Waals surface area contributed by atoms with E-state index >= 15 is 0 Å². The molecule has 0 atom stereocenters. The Labute approximate surface area is 158 Å². The van der Waals surface area contributed by atoms with Crippen LogP contribution in [-0.2, 0) is 11.8 Å². The molecule has 1 aliphatic carbocycles. The zero-order valence-electron chi connectivity index (χ0n) is 15.7. The molecular weight excluding hydrogens is 347 g/mol. The number of amides is 2. The highest BCUT2D eigenvalue weighted by atomic mass is 19.1. The quantitative estimate of drug-likeness (QED) is 0.747. The van der Waals surface area contributed by atoms with Gasteiger partial charge in [-0.25, -0.2) is 9.18 Å². The standard InChI is InChI=1S/C21H25FN2O3/c1-26-18-8-3-15(13-19(18)27-2)9-12-23-20(25)24-14-21(10-11-21)16-4-6-17(22)7-5-16/h3-8,13H,9-12,14H2,1-2H3,(H2,23,24,25). The molecule has 0 heterocycles. The Kier molecular flexibility index (Phi) is 5.84. The normalized spacial score (nSPS) is 14.3. The van der Waals surface area contributed by atoms with Gasteiger partial charge >= 0.3 is 6.03 Å². The maximum atomic E-state index is 13.1. The molecule has 0 spiro atoms. The molecule has 6 heteroatoms. The minimum absolute atomic E-state index is 0.0472. The van der Waals surface area contributed by atoms with Gasteiger partial charge in [-0.05, 0) is 54.7 Å². The minimum Gasteiger partial charge on any atom is -0.493 e. The Morgan fingerprint density at radius 2 is 1.74 bits per heavy atom. The smallest absolute Gasteiger partial charge is 0.314 e. The Bertz CT molecular complexity index is 789. The van der Waals surface area contributed by atoms with Gasteiger partial charge in [-0.15, -0.1) is 0 Å². The lowest BCUT2D eigenvalue weighted by Crippen LogP contribution is -2.40. The van der Waals surface area contributed by atoms with Gasteiger partial charge in [0.1, 0.15) is 5.82 Å². The van der Waals surface area contributed by atoms with Crippen LogP contribution >= 0.6 is 0 Å². The number of hydrogen-bond donors (Lipinski definition) is 2. The van der Waals surface area contributed by atoms with Gasteiger partial charge in [-0.3, -0.25) is 0 Å². The first-order valence-electron chi connectivity index (χ1n) is 9.05. The molecule has 2 aromatic carbocycles. The summed E-state index contributed by atoms with van der Waals surface area (Å²) in [5.41, 5.74) is 2.08. The summed E-state index contributed by atoms with van der Waals surface area (Å²) >= 11 is 0. The molecule has 27 heavy (non-hydrogen) atoms. The number of benzene rings is 2. The highest BCUT2D eigenvalue weighted by Crippen LogP contribution is 2.47. The molecule has 5 nitrogen and oxygen atoms in total. The Balaban J connectivity index is 1.44. The van der Waals surface area contributed by atoms with E-state index < -0.39 is 0 Å². The number of carbonyl (C=O) groups is 1. The average Bonchev–Trinajstić information content (AvgIpc) is 3.48. The van der Waals surface area contributed by atoms with E-state index in [1.54, 1.807) is 26.4 Å². The molecule has 3 rings (SSSR count). The second kappa shape index (κ2) is 8.29. The predicted octanol–water partition coefficient (Wildman–Crippen LogP) is 3.42. The van der Waals surface area contributed by atoms with E-state index in [-0.39, 0.29) is 17.3 Å². The number of rotatable bonds is 8. The first-order valence-corrected chi connectivity index (χ1v) is 9.05. The van der Waals surface area contributed by atoms with Crippen molar-refractivity contribution in [1.82, 2.24) is 10.6 Å². The summed E-state index contributed by atoms with van der Waals surface area (Å²) < 4.78 is 23.6. The van der Waals surface area contributed by atoms with Crippen molar-refractivity contribution in [1.29, 1.82) is 0 Å². The highest BCUT2D eigenvalue weighted by Gasteiger charge is 2.44. The highest BCUT2D eigenvalue weighted by molar-refractivity contribution is 5.74. The van der Waals surface area contributed by atoms with Crippen LogP contribution in [0.5, 0.6) is 11.5 Å². The fourth-order valence-corrected chi connectivity index (χ4v) is 3.19. The zero-order chi connectivity index (χ0) is 19.3. The van der Waals surface area contributed by atoms with Gasteiger partial charge in [0.05, 0.1) is 14.2 Å². The Morgan fingerprint density at radius 3 is 2.37 bits per heavy atom. The van der Waals surface area contributed by atoms with E-state index in [9.17, 15) is 9.18 Å². The van der Waals surface area contributed by atoms with E-state index in [2.05, 4.69) is 10.6 Å². The van der Waals surface area contributed by atoms with Crippen LogP contribution in [0, 0.1) is 5.82 Å². The minimum atomic E-state index is -0.240. The van der Waals surface area contributed by atoms with Gasteiger partial charge < -0.3 is 20.1 Å². The van der Waals surface area contributed by atoms with Crippen molar-refractivity contribution in [3.05, 3.63) is 59.4 Å². The molecule has 0 unspecified atom stereocenters. The summed E-state index contributed by atoms with van der Waals surface area (Å²) in [6, 6.07) is 12.1. The van der Waals surface area contributed by atoms with Gasteiger partial charge in [0, 0.05) is 18.5 Å². The molecule has 2 aromatic rings. The lowest BCUT2D eigenvalue weighted by Gasteiger charge is -2.17. The van der Waals surface area contributed by atoms with Crippen LogP contribution in [0.1, 0.15) is 24.0 Å². The van der Waals surface area contributed by atoms with Crippen molar-refractivity contribution < 1.29 is 18.7 Å². The molecule has 0 aliphatic heterocycles. The second-order valence-corrected chi connectivity index (χ2v) is 6.84. The third-order valence-electron chi connectivity index (χ3n) is 5.04. The van der Waals surface area contributed by atoms with Crippen LogP contribution in [0.3, 0.4) is 0 Å². The summed E-state index contributed by atoms with van der Waals surface area (Å²) in [6.45, 7) is 1.08. The predicted molar refractivity (Wildman–Crippen MR) is 102 cm³/mol. The van der Waals surface area contributed by atoms with Crippen molar-refractivity contribution in [2.24, 2.45) is 0 Å². The number of nitrogens with one attached hydrogen (secondary N) is 2. The molecule has 2 N–H and O–H groups in total. The average molecular weight is 372 g/mol. The van der Waals surface area contributed by atoms with E-state index in [4.69, 9.17) is 9.47 Å². The monoisotopic (exact) mass is 372 g/mol. The largest absolute Gasteiger partial charge is 0.493 e. The van der Waals surface area contributed by atoms with Crippen LogP contribution < -0.4 is 20.1 Å². The maximum absolute atomic E-state index is 13.1. The van der Waals surface area contributed by atoms with Crippen LogP contribution in [0.2, 0.25) is 0 Å². The van der Waals surface area contributed by atoms with Crippen molar-refractivity contribution >= 4 is 6.03 Å². The van der Waals surface area contributed by atoms with Crippen molar-refractivity contribution in [3.63, 3.8) is 0 Å². The van der Waals surface area contributed by atoms with E-state index in [1.807, 2.05) is 18.2 Å². The Hall–Kier alpha value is -2.76. The van der Waals surface area contributed by atoms with Crippen LogP contribution in [0.15, 0.2) is 42.5 Å². The maximum Gasteiger partial charge on any atom is 0.314 e. The summed E-state index contributed by atoms with van der Waals surface area (Å²) in [4.78, 5) is 12.1. The third-order valence-corrected chi connectivity index (χ3v) is 5.04. The molecule has 1 saturated carbocycles. The van der Waals surface area contributed by atoms with Crippen LogP contribution in [0.25, 0.3) is 0 Å². The van der Waals surface area contributed by atoms with Crippen molar-refractivity contribution in [3.8, 4) is 11.5 Å². The molecule has 0 bridgehead atoms. The molecule has 0 saturated heterocycles. The first kappa shape index (κ1) is 19.0. The number of urea groups is 1. The number of carbonyl (C=O) groups excluding carboxylic acids is 1. The van der Waals surface area contributed by atoms with Gasteiger partial charge in [0.25, 0.3) is 0 Å². The first-order chi connectivity index (χ1) is 13.1. The number of halogens is 1. The summed E-state index contributed by atoms with van der Waals surface area (Å²) in [5, 5.41) is 5.81. The van der Waals surface area contributed by atoms with Gasteiger partial charge in [0.2, 0.25) is 0 Å². The molecule has 1 aliphatic rings. The molecule has 0 aromatic heterocycles. The molecule has 1 fully saturated rings. The van der Waals surface area contributed by atoms with Crippen LogP contribution in [0.4, 0.5) is 9.18 Å². The van der Waals surface area contributed by atoms with Crippen LogP contribution in [-0.4, -0.2) is 33.3 Å². The SMILES string of the molecule is COc1ccc(CCNC(=O)NCC2(c3ccc(F)cc3)CC2)cc1OC. The molecule has 2 amide bonds. The van der Waals surface area contributed by atoms with Crippen molar-refractivity contribution in [2.45, 2.75) is 24.7 Å². The van der Waals surface area contributed by atoms with E-state index in [1.165, 1.54) is 12.1 Å². The summed E-state index contributed by atoms with van der Waals surface area (Å²) in [5.74, 6) is 1.12. The second-order valence-electron chi connectivity index (χ2n) is 6.84.